The number of carbonyl (C=O) groups is 2. The number of anilines is 2. The normalized spacial score (nSPS) is 10.7. The van der Waals surface area contributed by atoms with Crippen LogP contribution in [0.3, 0.4) is 0 Å². The van der Waals surface area contributed by atoms with Crippen molar-refractivity contribution in [2.45, 2.75) is 6.92 Å². The molecule has 0 saturated heterocycles. The van der Waals surface area contributed by atoms with Gasteiger partial charge in [0.1, 0.15) is 17.1 Å². The number of aliphatic hydroxyl groups is 1. The van der Waals surface area contributed by atoms with E-state index in [0.29, 0.717) is 27.5 Å². The molecule has 2 heterocycles. The van der Waals surface area contributed by atoms with Crippen LogP contribution < -0.4 is 10.6 Å². The molecule has 0 spiro atoms. The van der Waals surface area contributed by atoms with Gasteiger partial charge in [-0.3, -0.25) is 4.79 Å². The number of amides is 1. The maximum Gasteiger partial charge on any atom is 0.339 e. The number of carbonyl (C=O) groups excluding carboxylic acids is 1. The standard InChI is InChI=1S/C20H18Cl2N4O4/c1-10-15(21)16(22)17(25-10)19(28)26-13-4-2-11(3-5-13)12-8-14(20(29)30)18(24-9-12)23-6-7-27/h2-5,8-9,25,27H,6-7H2,1H3,(H,23,24)(H,26,28)(H,29,30). The lowest BCUT2D eigenvalue weighted by molar-refractivity contribution is 0.0697. The first-order valence-electron chi connectivity index (χ1n) is 8.85. The zero-order valence-electron chi connectivity index (χ0n) is 15.8. The van der Waals surface area contributed by atoms with E-state index < -0.39 is 11.9 Å². The molecule has 8 nitrogen and oxygen atoms in total. The summed E-state index contributed by atoms with van der Waals surface area (Å²) in [6, 6.07) is 8.31. The number of H-pyrrole nitrogens is 1. The summed E-state index contributed by atoms with van der Waals surface area (Å²) >= 11 is 12.1. The van der Waals surface area contributed by atoms with Gasteiger partial charge in [-0.25, -0.2) is 9.78 Å². The van der Waals surface area contributed by atoms with Gasteiger partial charge in [0.2, 0.25) is 0 Å². The molecule has 0 fully saturated rings. The van der Waals surface area contributed by atoms with Crippen LogP contribution in [0.2, 0.25) is 10.0 Å². The van der Waals surface area contributed by atoms with Crippen molar-refractivity contribution in [3.8, 4) is 11.1 Å². The average Bonchev–Trinajstić information content (AvgIpc) is 3.00. The van der Waals surface area contributed by atoms with E-state index in [4.69, 9.17) is 28.3 Å². The van der Waals surface area contributed by atoms with Gasteiger partial charge in [0.05, 0.1) is 16.7 Å². The number of carboxylic acid groups (broad SMARTS) is 1. The van der Waals surface area contributed by atoms with E-state index in [9.17, 15) is 14.7 Å². The van der Waals surface area contributed by atoms with E-state index in [1.807, 2.05) is 0 Å². The van der Waals surface area contributed by atoms with Crippen molar-refractivity contribution in [3.05, 3.63) is 63.5 Å². The van der Waals surface area contributed by atoms with Crippen LogP contribution in [0.25, 0.3) is 11.1 Å². The van der Waals surface area contributed by atoms with Gasteiger partial charge in [-0.1, -0.05) is 35.3 Å². The molecule has 1 aromatic carbocycles. The topological polar surface area (TPSA) is 127 Å². The van der Waals surface area contributed by atoms with Crippen LogP contribution in [0.4, 0.5) is 11.5 Å². The molecular weight excluding hydrogens is 431 g/mol. The Kier molecular flexibility index (Phi) is 6.61. The van der Waals surface area contributed by atoms with Crippen molar-refractivity contribution in [1.29, 1.82) is 0 Å². The Morgan fingerprint density at radius 3 is 2.40 bits per heavy atom. The molecule has 0 bridgehead atoms. The Bertz CT molecular complexity index is 1100. The molecule has 30 heavy (non-hydrogen) atoms. The van der Waals surface area contributed by atoms with Crippen molar-refractivity contribution in [2.75, 3.05) is 23.8 Å². The minimum absolute atomic E-state index is 0.00744. The van der Waals surface area contributed by atoms with Crippen LogP contribution in [-0.4, -0.2) is 45.2 Å². The lowest BCUT2D eigenvalue weighted by Crippen LogP contribution is -2.13. The number of aromatic nitrogens is 2. The van der Waals surface area contributed by atoms with Crippen molar-refractivity contribution in [3.63, 3.8) is 0 Å². The van der Waals surface area contributed by atoms with Crippen LogP contribution in [0.1, 0.15) is 26.5 Å². The van der Waals surface area contributed by atoms with Crippen molar-refractivity contribution in [1.82, 2.24) is 9.97 Å². The van der Waals surface area contributed by atoms with E-state index in [2.05, 4.69) is 20.6 Å². The van der Waals surface area contributed by atoms with Gasteiger partial charge in [-0.2, -0.15) is 0 Å². The molecule has 1 amide bonds. The van der Waals surface area contributed by atoms with E-state index in [1.54, 1.807) is 31.2 Å². The highest BCUT2D eigenvalue weighted by Crippen LogP contribution is 2.30. The third-order valence-corrected chi connectivity index (χ3v) is 5.23. The number of nitrogens with one attached hydrogen (secondary N) is 3. The van der Waals surface area contributed by atoms with Gasteiger partial charge in [0.15, 0.2) is 0 Å². The van der Waals surface area contributed by atoms with E-state index >= 15 is 0 Å². The highest BCUT2D eigenvalue weighted by molar-refractivity contribution is 6.44. The SMILES string of the molecule is Cc1[nH]c(C(=O)Nc2ccc(-c3cnc(NCCO)c(C(=O)O)c3)cc2)c(Cl)c1Cl. The largest absolute Gasteiger partial charge is 0.478 e. The average molecular weight is 449 g/mol. The first-order chi connectivity index (χ1) is 14.3. The number of benzene rings is 1. The molecule has 0 aliphatic heterocycles. The van der Waals surface area contributed by atoms with Crippen molar-refractivity contribution >= 4 is 46.6 Å². The fourth-order valence-corrected chi connectivity index (χ4v) is 3.19. The molecule has 10 heteroatoms. The van der Waals surface area contributed by atoms with Crippen LogP contribution in [0, 0.1) is 6.92 Å². The van der Waals surface area contributed by atoms with Crippen LogP contribution >= 0.6 is 23.2 Å². The van der Waals surface area contributed by atoms with E-state index in [-0.39, 0.29) is 35.2 Å². The molecule has 0 unspecified atom stereocenters. The molecule has 3 rings (SSSR count). The Balaban J connectivity index is 1.80. The predicted octanol–water partition coefficient (Wildman–Crippen LogP) is 4.05. The fraction of sp³-hybridized carbons (Fsp3) is 0.150. The summed E-state index contributed by atoms with van der Waals surface area (Å²) in [6.07, 6.45) is 1.53. The third-order valence-electron chi connectivity index (χ3n) is 4.28. The van der Waals surface area contributed by atoms with Gasteiger partial charge in [-0.05, 0) is 30.7 Å². The van der Waals surface area contributed by atoms with Crippen molar-refractivity contribution < 1.29 is 19.8 Å². The number of rotatable bonds is 7. The minimum atomic E-state index is -1.13. The number of aryl methyl sites for hydroxylation is 1. The van der Waals surface area contributed by atoms with Gasteiger partial charge in [0.25, 0.3) is 5.91 Å². The number of pyridine rings is 1. The lowest BCUT2D eigenvalue weighted by atomic mass is 10.0. The minimum Gasteiger partial charge on any atom is -0.478 e. The maximum absolute atomic E-state index is 12.4. The second-order valence-electron chi connectivity index (χ2n) is 6.36. The monoisotopic (exact) mass is 448 g/mol. The van der Waals surface area contributed by atoms with Crippen LogP contribution in [0.15, 0.2) is 36.5 Å². The molecule has 0 saturated carbocycles. The van der Waals surface area contributed by atoms with E-state index in [1.165, 1.54) is 12.3 Å². The predicted molar refractivity (Wildman–Crippen MR) is 116 cm³/mol. The Morgan fingerprint density at radius 2 is 1.83 bits per heavy atom. The smallest absolute Gasteiger partial charge is 0.339 e. The quantitative estimate of drug-likeness (QED) is 0.371. The second kappa shape index (κ2) is 9.17. The van der Waals surface area contributed by atoms with Gasteiger partial charge in [-0.15, -0.1) is 0 Å². The number of carboxylic acids is 1. The zero-order valence-corrected chi connectivity index (χ0v) is 17.3. The van der Waals surface area contributed by atoms with Crippen LogP contribution in [0.5, 0.6) is 0 Å². The summed E-state index contributed by atoms with van der Waals surface area (Å²) in [5, 5.41) is 24.3. The molecule has 0 aliphatic carbocycles. The summed E-state index contributed by atoms with van der Waals surface area (Å²) in [5.41, 5.74) is 2.59. The van der Waals surface area contributed by atoms with Gasteiger partial charge < -0.3 is 25.8 Å². The molecule has 5 N–H and O–H groups in total. The Labute approximate surface area is 181 Å². The molecule has 3 aromatic rings. The van der Waals surface area contributed by atoms with Gasteiger partial charge >= 0.3 is 5.97 Å². The number of aliphatic hydroxyl groups excluding tert-OH is 1. The highest BCUT2D eigenvalue weighted by atomic mass is 35.5. The fourth-order valence-electron chi connectivity index (χ4n) is 2.77. The Morgan fingerprint density at radius 1 is 1.13 bits per heavy atom. The molecule has 156 valence electrons. The first kappa shape index (κ1) is 21.6. The molecule has 0 aliphatic rings. The summed E-state index contributed by atoms with van der Waals surface area (Å²) in [5.74, 6) is -1.39. The number of aromatic amines is 1. The van der Waals surface area contributed by atoms with E-state index in [0.717, 1.165) is 0 Å². The summed E-state index contributed by atoms with van der Waals surface area (Å²) in [6.45, 7) is 1.76. The third kappa shape index (κ3) is 4.56. The number of aromatic carboxylic acids is 1. The first-order valence-corrected chi connectivity index (χ1v) is 9.60. The number of hydrogen-bond acceptors (Lipinski definition) is 5. The lowest BCUT2D eigenvalue weighted by Gasteiger charge is -2.10. The number of halogens is 2. The molecule has 0 atom stereocenters. The maximum atomic E-state index is 12.4. The van der Waals surface area contributed by atoms with Crippen LogP contribution in [-0.2, 0) is 0 Å². The summed E-state index contributed by atoms with van der Waals surface area (Å²) < 4.78 is 0. The molecule has 2 aromatic heterocycles. The summed E-state index contributed by atoms with van der Waals surface area (Å²) in [7, 11) is 0. The zero-order chi connectivity index (χ0) is 21.8. The molecule has 0 radical (unpaired) electrons. The van der Waals surface area contributed by atoms with Gasteiger partial charge in [0, 0.05) is 29.7 Å². The number of nitrogens with zero attached hydrogens (tertiary/aromatic N) is 1. The summed E-state index contributed by atoms with van der Waals surface area (Å²) in [4.78, 5) is 30.9. The van der Waals surface area contributed by atoms with Crippen molar-refractivity contribution in [2.24, 2.45) is 0 Å². The second-order valence-corrected chi connectivity index (χ2v) is 7.12. The highest BCUT2D eigenvalue weighted by Gasteiger charge is 2.18. The molecular formula is C20H18Cl2N4O4. The Hall–Kier alpha value is -3.07. The number of hydrogen-bond donors (Lipinski definition) is 5.